The Labute approximate surface area is 339 Å². The zero-order valence-corrected chi connectivity index (χ0v) is 35.7. The third-order valence-corrected chi connectivity index (χ3v) is 11.0. The van der Waals surface area contributed by atoms with Gasteiger partial charge in [-0.3, -0.25) is 24.1 Å². The van der Waals surface area contributed by atoms with Gasteiger partial charge in [0.2, 0.25) is 11.8 Å². The fourth-order valence-corrected chi connectivity index (χ4v) is 6.79. The van der Waals surface area contributed by atoms with Gasteiger partial charge in [-0.2, -0.15) is 0 Å². The number of nitrogens with zero attached hydrogens (tertiary/aromatic N) is 3. The van der Waals surface area contributed by atoms with Crippen LogP contribution in [0.1, 0.15) is 68.4 Å². The van der Waals surface area contributed by atoms with E-state index in [0.29, 0.717) is 18.4 Å². The van der Waals surface area contributed by atoms with Crippen LogP contribution < -0.4 is 0 Å². The highest BCUT2D eigenvalue weighted by atomic mass is 16.5. The third kappa shape index (κ3) is 13.0. The van der Waals surface area contributed by atoms with Gasteiger partial charge in [0, 0.05) is 45.2 Å². The molecule has 0 unspecified atom stereocenters. The second-order valence-electron chi connectivity index (χ2n) is 15.9. The molecule has 11 nitrogen and oxygen atoms in total. The minimum absolute atomic E-state index is 0.0500. The normalized spacial score (nSPS) is 14.5. The molecule has 3 aromatic carbocycles. The minimum Gasteiger partial charge on any atom is -0.508 e. The molecule has 6 atom stereocenters. The Morgan fingerprint density at radius 2 is 1.07 bits per heavy atom. The lowest BCUT2D eigenvalue weighted by Gasteiger charge is -2.36. The van der Waals surface area contributed by atoms with Gasteiger partial charge in [0.15, 0.2) is 11.9 Å². The fraction of sp³-hybridized carbons (Fsp3) is 0.500. The number of benzene rings is 3. The van der Waals surface area contributed by atoms with Crippen LogP contribution in [0.3, 0.4) is 0 Å². The van der Waals surface area contributed by atoms with Crippen LogP contribution in [0.4, 0.5) is 0 Å². The molecule has 0 aliphatic heterocycles. The molecule has 310 valence electrons. The first-order valence-electron chi connectivity index (χ1n) is 19.8. The van der Waals surface area contributed by atoms with Crippen LogP contribution >= 0.6 is 0 Å². The summed E-state index contributed by atoms with van der Waals surface area (Å²) >= 11 is 0. The molecule has 0 aromatic heterocycles. The van der Waals surface area contributed by atoms with Crippen molar-refractivity contribution in [1.82, 2.24) is 14.7 Å². The van der Waals surface area contributed by atoms with Crippen LogP contribution in [0.15, 0.2) is 72.8 Å². The quantitative estimate of drug-likeness (QED) is 0.137. The number of carbonyl (C=O) groups excluding carboxylic acids is 5. The topological polar surface area (TPSA) is 134 Å². The molecule has 3 rings (SSSR count). The maximum atomic E-state index is 14.6. The van der Waals surface area contributed by atoms with Crippen molar-refractivity contribution in [3.8, 4) is 5.75 Å². The zero-order valence-electron chi connectivity index (χ0n) is 35.7. The number of hydrogen-bond donors (Lipinski definition) is 1. The summed E-state index contributed by atoms with van der Waals surface area (Å²) in [4.78, 5) is 74.7. The number of Topliss-reactive ketones (excluding diaryl/α,β-unsaturated/α-hetero) is 1. The minimum atomic E-state index is -1.08. The molecule has 0 heterocycles. The van der Waals surface area contributed by atoms with Gasteiger partial charge < -0.3 is 24.4 Å². The van der Waals surface area contributed by atoms with E-state index in [0.717, 1.165) is 22.3 Å². The van der Waals surface area contributed by atoms with Gasteiger partial charge in [-0.1, -0.05) is 99.5 Å². The van der Waals surface area contributed by atoms with Crippen LogP contribution in [0.2, 0.25) is 0 Å². The molecule has 0 bridgehead atoms. The standard InChI is InChI=1S/C46H63N3O8/c1-12-32(6)42(57-46(55)39(47(7)8)26-33-17-13-30(4)14-18-33)41(51)28-37(29(2)3)43(52)48(9)38(25-35-21-23-36(50)24-22-35)44(53)49(10)40(45(54)56-11)27-34-19-15-31(5)16-20-34/h13-24,29,32,37-40,42,50H,12,25-28H2,1-11H3/t32-,37+,38-,39-,40+,42+/m0/s1. The summed E-state index contributed by atoms with van der Waals surface area (Å²) in [6.45, 7) is 11.4. The molecule has 0 aliphatic rings. The van der Waals surface area contributed by atoms with Gasteiger partial charge >= 0.3 is 11.9 Å². The number of aromatic hydroxyl groups is 1. The van der Waals surface area contributed by atoms with E-state index in [1.54, 1.807) is 31.1 Å². The molecule has 0 aliphatic carbocycles. The van der Waals surface area contributed by atoms with Crippen molar-refractivity contribution < 1.29 is 38.6 Å². The summed E-state index contributed by atoms with van der Waals surface area (Å²) in [7, 11) is 7.92. The van der Waals surface area contributed by atoms with Crippen molar-refractivity contribution in [2.24, 2.45) is 17.8 Å². The average Bonchev–Trinajstić information content (AvgIpc) is 3.19. The molecule has 2 amide bonds. The van der Waals surface area contributed by atoms with Crippen LogP contribution in [0.25, 0.3) is 0 Å². The molecule has 1 N–H and O–H groups in total. The number of esters is 2. The van der Waals surface area contributed by atoms with E-state index in [-0.39, 0.29) is 42.6 Å². The molecule has 3 aromatic rings. The first-order valence-corrected chi connectivity index (χ1v) is 19.8. The number of amides is 2. The number of phenols is 1. The van der Waals surface area contributed by atoms with Crippen LogP contribution in [-0.2, 0) is 52.7 Å². The number of ketones is 1. The number of ether oxygens (including phenoxy) is 2. The third-order valence-electron chi connectivity index (χ3n) is 11.0. The molecule has 0 spiro atoms. The van der Waals surface area contributed by atoms with E-state index in [1.165, 1.54) is 43.1 Å². The van der Waals surface area contributed by atoms with Crippen LogP contribution in [0.5, 0.6) is 5.75 Å². The van der Waals surface area contributed by atoms with Crippen molar-refractivity contribution in [3.05, 3.63) is 101 Å². The molecule has 0 saturated carbocycles. The Hall–Kier alpha value is -5.03. The Morgan fingerprint density at radius 1 is 0.632 bits per heavy atom. The molecule has 0 saturated heterocycles. The van der Waals surface area contributed by atoms with Crippen molar-refractivity contribution in [3.63, 3.8) is 0 Å². The Bertz CT molecular complexity index is 1790. The lowest BCUT2D eigenvalue weighted by Crippen LogP contribution is -2.55. The zero-order chi connectivity index (χ0) is 42.6. The summed E-state index contributed by atoms with van der Waals surface area (Å²) in [5.41, 5.74) is 4.63. The summed E-state index contributed by atoms with van der Waals surface area (Å²) in [6.07, 6.45) is -0.0562. The van der Waals surface area contributed by atoms with E-state index >= 15 is 0 Å². The summed E-state index contributed by atoms with van der Waals surface area (Å²) < 4.78 is 11.2. The fourth-order valence-electron chi connectivity index (χ4n) is 6.79. The van der Waals surface area contributed by atoms with Gasteiger partial charge in [-0.05, 0) is 75.5 Å². The first-order chi connectivity index (χ1) is 26.9. The van der Waals surface area contributed by atoms with E-state index in [4.69, 9.17) is 9.47 Å². The van der Waals surface area contributed by atoms with Crippen molar-refractivity contribution in [1.29, 1.82) is 0 Å². The number of hydrogen-bond acceptors (Lipinski definition) is 9. The van der Waals surface area contributed by atoms with Gasteiger partial charge in [0.1, 0.15) is 23.9 Å². The van der Waals surface area contributed by atoms with E-state index in [2.05, 4.69) is 0 Å². The molecular weight excluding hydrogens is 723 g/mol. The van der Waals surface area contributed by atoms with Crippen molar-refractivity contribution in [2.75, 3.05) is 35.3 Å². The Kier molecular flexibility index (Phi) is 17.5. The highest BCUT2D eigenvalue weighted by molar-refractivity contribution is 5.94. The van der Waals surface area contributed by atoms with E-state index < -0.39 is 53.9 Å². The number of rotatable bonds is 20. The molecule has 57 heavy (non-hydrogen) atoms. The number of aryl methyl sites for hydroxylation is 2. The lowest BCUT2D eigenvalue weighted by atomic mass is 9.85. The highest BCUT2D eigenvalue weighted by Crippen LogP contribution is 2.26. The predicted molar refractivity (Wildman–Crippen MR) is 221 cm³/mol. The monoisotopic (exact) mass is 785 g/mol. The van der Waals surface area contributed by atoms with Crippen molar-refractivity contribution in [2.45, 2.75) is 97.9 Å². The molecule has 0 radical (unpaired) electrons. The summed E-state index contributed by atoms with van der Waals surface area (Å²) in [5, 5.41) is 9.95. The van der Waals surface area contributed by atoms with E-state index in [1.807, 2.05) is 90.1 Å². The smallest absolute Gasteiger partial charge is 0.328 e. The number of likely N-dealkylation sites (N-methyl/N-ethyl adjacent to an activating group) is 3. The second kappa shape index (κ2) is 21.5. The second-order valence-corrected chi connectivity index (χ2v) is 15.9. The molecule has 0 fully saturated rings. The van der Waals surface area contributed by atoms with Gasteiger partial charge in [-0.15, -0.1) is 0 Å². The van der Waals surface area contributed by atoms with Gasteiger partial charge in [0.25, 0.3) is 0 Å². The number of carbonyl (C=O) groups is 5. The molecule has 11 heteroatoms. The van der Waals surface area contributed by atoms with Crippen LogP contribution in [0, 0.1) is 31.6 Å². The Balaban J connectivity index is 1.93. The summed E-state index contributed by atoms with van der Waals surface area (Å²) in [6, 6.07) is 19.2. The maximum Gasteiger partial charge on any atom is 0.328 e. The number of phenolic OH excluding ortho intramolecular Hbond substituents is 1. The lowest BCUT2D eigenvalue weighted by molar-refractivity contribution is -0.163. The van der Waals surface area contributed by atoms with Gasteiger partial charge in [-0.25, -0.2) is 4.79 Å². The Morgan fingerprint density at radius 3 is 1.51 bits per heavy atom. The predicted octanol–water partition coefficient (Wildman–Crippen LogP) is 5.98. The highest BCUT2D eigenvalue weighted by Gasteiger charge is 2.40. The van der Waals surface area contributed by atoms with Crippen molar-refractivity contribution >= 4 is 29.5 Å². The van der Waals surface area contributed by atoms with E-state index in [9.17, 15) is 29.1 Å². The summed E-state index contributed by atoms with van der Waals surface area (Å²) in [5.74, 6) is -3.85. The van der Waals surface area contributed by atoms with Crippen LogP contribution in [-0.4, -0.2) is 109 Å². The average molecular weight is 786 g/mol. The number of methoxy groups -OCH3 is 1. The van der Waals surface area contributed by atoms with Gasteiger partial charge in [0.05, 0.1) is 7.11 Å². The largest absolute Gasteiger partial charge is 0.508 e. The molecular formula is C46H63N3O8. The SMILES string of the molecule is CC[C@H](C)[C@@H](OC(=O)[C@H](Cc1ccc(C)cc1)N(C)C)C(=O)C[C@@H](C(=O)N(C)[C@@H](Cc1ccc(O)cc1)C(=O)N(C)[C@H](Cc1ccc(C)cc1)C(=O)OC)C(C)C. The first kappa shape index (κ1) is 46.4. The maximum absolute atomic E-state index is 14.6.